The van der Waals surface area contributed by atoms with Gasteiger partial charge in [-0.15, -0.1) is 0 Å². The van der Waals surface area contributed by atoms with E-state index in [0.717, 1.165) is 18.8 Å². The Kier molecular flexibility index (Phi) is 4.94. The molecule has 14 heavy (non-hydrogen) atoms. The lowest BCUT2D eigenvalue weighted by atomic mass is 9.85. The Morgan fingerprint density at radius 3 is 2.86 bits per heavy atom. The van der Waals surface area contributed by atoms with Gasteiger partial charge in [-0.1, -0.05) is 26.2 Å². The van der Waals surface area contributed by atoms with E-state index < -0.39 is 0 Å². The maximum Gasteiger partial charge on any atom is 0.331 e. The number of carbonyl (C=O) groups is 1. The molecule has 0 N–H and O–H groups in total. The SMILES string of the molecule is CCC1CCCC(OCC(=O)OC)C1. The van der Waals surface area contributed by atoms with Crippen molar-refractivity contribution >= 4 is 5.97 Å². The summed E-state index contributed by atoms with van der Waals surface area (Å²) in [5, 5.41) is 0. The molecule has 3 heteroatoms. The molecule has 0 radical (unpaired) electrons. The summed E-state index contributed by atoms with van der Waals surface area (Å²) in [6, 6.07) is 0. The minimum Gasteiger partial charge on any atom is -0.467 e. The number of hydrogen-bond acceptors (Lipinski definition) is 3. The molecule has 82 valence electrons. The molecule has 1 saturated carbocycles. The van der Waals surface area contributed by atoms with Gasteiger partial charge in [0.2, 0.25) is 0 Å². The van der Waals surface area contributed by atoms with Crippen LogP contribution in [-0.2, 0) is 14.3 Å². The Hall–Kier alpha value is -0.570. The van der Waals surface area contributed by atoms with Crippen molar-refractivity contribution in [2.45, 2.75) is 45.1 Å². The van der Waals surface area contributed by atoms with E-state index in [1.54, 1.807) is 0 Å². The summed E-state index contributed by atoms with van der Waals surface area (Å²) in [5.41, 5.74) is 0. The average molecular weight is 200 g/mol. The minimum absolute atomic E-state index is 0.109. The quantitative estimate of drug-likeness (QED) is 0.652. The number of carbonyl (C=O) groups excluding carboxylic acids is 1. The maximum atomic E-state index is 10.9. The third kappa shape index (κ3) is 3.66. The van der Waals surface area contributed by atoms with Crippen LogP contribution in [0.25, 0.3) is 0 Å². The zero-order valence-corrected chi connectivity index (χ0v) is 9.12. The lowest BCUT2D eigenvalue weighted by Crippen LogP contribution is -2.25. The molecule has 1 aliphatic rings. The number of rotatable bonds is 4. The summed E-state index contributed by atoms with van der Waals surface area (Å²) in [4.78, 5) is 10.9. The molecule has 0 amide bonds. The molecule has 0 aliphatic heterocycles. The van der Waals surface area contributed by atoms with E-state index in [-0.39, 0.29) is 18.7 Å². The van der Waals surface area contributed by atoms with Gasteiger partial charge in [0.05, 0.1) is 13.2 Å². The molecule has 0 saturated heterocycles. The fourth-order valence-electron chi connectivity index (χ4n) is 2.01. The third-order valence-corrected chi connectivity index (χ3v) is 2.98. The molecular formula is C11H20O3. The van der Waals surface area contributed by atoms with Gasteiger partial charge in [-0.3, -0.25) is 0 Å². The van der Waals surface area contributed by atoms with Gasteiger partial charge in [0.25, 0.3) is 0 Å². The topological polar surface area (TPSA) is 35.5 Å². The average Bonchev–Trinajstić information content (AvgIpc) is 2.26. The van der Waals surface area contributed by atoms with Crippen molar-refractivity contribution < 1.29 is 14.3 Å². The highest BCUT2D eigenvalue weighted by Crippen LogP contribution is 2.28. The molecule has 0 bridgehead atoms. The standard InChI is InChI=1S/C11H20O3/c1-3-9-5-4-6-10(7-9)14-8-11(12)13-2/h9-10H,3-8H2,1-2H3. The Morgan fingerprint density at radius 2 is 2.21 bits per heavy atom. The van der Waals surface area contributed by atoms with Gasteiger partial charge in [-0.05, 0) is 18.8 Å². The monoisotopic (exact) mass is 200 g/mol. The zero-order valence-electron chi connectivity index (χ0n) is 9.12. The van der Waals surface area contributed by atoms with Crippen molar-refractivity contribution in [1.82, 2.24) is 0 Å². The van der Waals surface area contributed by atoms with Gasteiger partial charge in [-0.25, -0.2) is 4.79 Å². The van der Waals surface area contributed by atoms with E-state index >= 15 is 0 Å². The van der Waals surface area contributed by atoms with Crippen molar-refractivity contribution in [1.29, 1.82) is 0 Å². The summed E-state index contributed by atoms with van der Waals surface area (Å²) >= 11 is 0. The Morgan fingerprint density at radius 1 is 1.43 bits per heavy atom. The van der Waals surface area contributed by atoms with Crippen LogP contribution in [-0.4, -0.2) is 25.8 Å². The lowest BCUT2D eigenvalue weighted by Gasteiger charge is -2.28. The lowest BCUT2D eigenvalue weighted by molar-refractivity contribution is -0.149. The Labute approximate surface area is 85.8 Å². The number of esters is 1. The first kappa shape index (κ1) is 11.5. The second kappa shape index (κ2) is 6.02. The molecule has 1 fully saturated rings. The second-order valence-electron chi connectivity index (χ2n) is 3.95. The molecule has 0 aromatic carbocycles. The maximum absolute atomic E-state index is 10.9. The smallest absolute Gasteiger partial charge is 0.331 e. The largest absolute Gasteiger partial charge is 0.467 e. The van der Waals surface area contributed by atoms with Gasteiger partial charge in [0.1, 0.15) is 6.61 Å². The van der Waals surface area contributed by atoms with E-state index in [1.165, 1.54) is 26.4 Å². The predicted molar refractivity (Wildman–Crippen MR) is 54.0 cm³/mol. The van der Waals surface area contributed by atoms with E-state index in [0.29, 0.717) is 0 Å². The predicted octanol–water partition coefficient (Wildman–Crippen LogP) is 2.14. The van der Waals surface area contributed by atoms with Crippen LogP contribution >= 0.6 is 0 Å². The molecule has 0 heterocycles. The molecule has 3 nitrogen and oxygen atoms in total. The van der Waals surface area contributed by atoms with Crippen molar-refractivity contribution in [2.24, 2.45) is 5.92 Å². The summed E-state index contributed by atoms with van der Waals surface area (Å²) in [5.74, 6) is 0.509. The third-order valence-electron chi connectivity index (χ3n) is 2.98. The van der Waals surface area contributed by atoms with E-state index in [9.17, 15) is 4.79 Å². The summed E-state index contributed by atoms with van der Waals surface area (Å²) in [6.45, 7) is 2.32. The highest BCUT2D eigenvalue weighted by atomic mass is 16.6. The molecular weight excluding hydrogens is 180 g/mol. The van der Waals surface area contributed by atoms with Crippen LogP contribution in [0.3, 0.4) is 0 Å². The van der Waals surface area contributed by atoms with Crippen molar-refractivity contribution in [3.05, 3.63) is 0 Å². The van der Waals surface area contributed by atoms with Crippen LogP contribution < -0.4 is 0 Å². The molecule has 1 aliphatic carbocycles. The first-order valence-electron chi connectivity index (χ1n) is 5.44. The van der Waals surface area contributed by atoms with Crippen LogP contribution in [0.2, 0.25) is 0 Å². The highest BCUT2D eigenvalue weighted by Gasteiger charge is 2.21. The van der Waals surface area contributed by atoms with Crippen LogP contribution in [0.5, 0.6) is 0 Å². The summed E-state index contributed by atoms with van der Waals surface area (Å²) in [7, 11) is 1.39. The first-order valence-corrected chi connectivity index (χ1v) is 5.44. The molecule has 0 aromatic heterocycles. The van der Waals surface area contributed by atoms with Crippen molar-refractivity contribution in [3.63, 3.8) is 0 Å². The molecule has 2 unspecified atom stereocenters. The van der Waals surface area contributed by atoms with Gasteiger partial charge in [0, 0.05) is 0 Å². The van der Waals surface area contributed by atoms with Crippen molar-refractivity contribution in [3.8, 4) is 0 Å². The van der Waals surface area contributed by atoms with Gasteiger partial charge in [0.15, 0.2) is 0 Å². The fourth-order valence-corrected chi connectivity index (χ4v) is 2.01. The molecule has 0 aromatic rings. The van der Waals surface area contributed by atoms with E-state index in [2.05, 4.69) is 11.7 Å². The second-order valence-corrected chi connectivity index (χ2v) is 3.95. The number of hydrogen-bond donors (Lipinski definition) is 0. The van der Waals surface area contributed by atoms with Crippen LogP contribution in [0, 0.1) is 5.92 Å². The van der Waals surface area contributed by atoms with Crippen LogP contribution in [0.15, 0.2) is 0 Å². The van der Waals surface area contributed by atoms with Crippen LogP contribution in [0.1, 0.15) is 39.0 Å². The zero-order chi connectivity index (χ0) is 10.4. The first-order chi connectivity index (χ1) is 6.76. The molecule has 2 atom stereocenters. The summed E-state index contributed by atoms with van der Waals surface area (Å²) < 4.78 is 10.0. The Bertz CT molecular complexity index is 179. The van der Waals surface area contributed by atoms with Gasteiger partial charge < -0.3 is 9.47 Å². The van der Waals surface area contributed by atoms with E-state index in [4.69, 9.17) is 4.74 Å². The highest BCUT2D eigenvalue weighted by molar-refractivity contribution is 5.70. The van der Waals surface area contributed by atoms with Gasteiger partial charge >= 0.3 is 5.97 Å². The fraction of sp³-hybridized carbons (Fsp3) is 0.909. The Balaban J connectivity index is 2.20. The molecule has 0 spiro atoms. The minimum atomic E-state index is -0.274. The van der Waals surface area contributed by atoms with Crippen molar-refractivity contribution in [2.75, 3.05) is 13.7 Å². The number of ether oxygens (including phenoxy) is 2. The van der Waals surface area contributed by atoms with Gasteiger partial charge in [-0.2, -0.15) is 0 Å². The van der Waals surface area contributed by atoms with E-state index in [1.807, 2.05) is 0 Å². The molecule has 1 rings (SSSR count). The van der Waals surface area contributed by atoms with Crippen LogP contribution in [0.4, 0.5) is 0 Å². The summed E-state index contributed by atoms with van der Waals surface area (Å²) in [6.07, 6.45) is 6.23. The number of methoxy groups -OCH3 is 1. The normalized spacial score (nSPS) is 27.3.